The van der Waals surface area contributed by atoms with Gasteiger partial charge in [0, 0.05) is 11.8 Å². The van der Waals surface area contributed by atoms with E-state index in [1.54, 1.807) is 7.11 Å². The van der Waals surface area contributed by atoms with E-state index in [1.807, 2.05) is 28.9 Å². The van der Waals surface area contributed by atoms with Crippen molar-refractivity contribution in [1.82, 2.24) is 14.8 Å². The first kappa shape index (κ1) is 17.5. The predicted octanol–water partition coefficient (Wildman–Crippen LogP) is 3.23. The molecule has 2 aliphatic rings. The molecule has 0 amide bonds. The first-order valence-electron chi connectivity index (χ1n) is 9.38. The topological polar surface area (TPSA) is 74.1 Å². The number of nitrogens with zero attached hydrogens (tertiary/aromatic N) is 3. The van der Waals surface area contributed by atoms with E-state index in [4.69, 9.17) is 14.8 Å². The molecule has 0 atom stereocenters. The van der Waals surface area contributed by atoms with Crippen LogP contribution in [0.3, 0.4) is 0 Å². The zero-order chi connectivity index (χ0) is 18.1. The summed E-state index contributed by atoms with van der Waals surface area (Å²) < 4.78 is 31.1. The van der Waals surface area contributed by atoms with E-state index in [-0.39, 0.29) is 17.4 Å². The van der Waals surface area contributed by atoms with Gasteiger partial charge in [0.25, 0.3) is 0 Å². The van der Waals surface area contributed by atoms with E-state index in [0.29, 0.717) is 18.8 Å². The highest BCUT2D eigenvalue weighted by Gasteiger charge is 2.31. The van der Waals surface area contributed by atoms with Crippen LogP contribution in [0.25, 0.3) is 5.69 Å². The van der Waals surface area contributed by atoms with E-state index in [1.165, 1.54) is 12.8 Å². The molecule has 2 fully saturated rings. The third-order valence-electron chi connectivity index (χ3n) is 5.60. The van der Waals surface area contributed by atoms with Gasteiger partial charge >= 0.3 is 0 Å². The van der Waals surface area contributed by atoms with Crippen LogP contribution in [0, 0.1) is 0 Å². The number of ether oxygens (including phenoxy) is 1. The van der Waals surface area contributed by atoms with Crippen LogP contribution in [-0.4, -0.2) is 41.8 Å². The van der Waals surface area contributed by atoms with Gasteiger partial charge in [-0.05, 0) is 37.8 Å². The Hall–Kier alpha value is -1.89. The summed E-state index contributed by atoms with van der Waals surface area (Å²) in [6, 6.07) is 7.80. The van der Waals surface area contributed by atoms with Crippen molar-refractivity contribution in [2.45, 2.75) is 50.4 Å². The molecule has 1 aliphatic carbocycles. The molecule has 2 aromatic rings. The second kappa shape index (κ2) is 7.02. The molecule has 1 saturated heterocycles. The fraction of sp³-hybridized carbons (Fsp3) is 0.579. The van der Waals surface area contributed by atoms with Crippen LogP contribution < -0.4 is 4.74 Å². The van der Waals surface area contributed by atoms with Gasteiger partial charge in [-0.3, -0.25) is 0 Å². The lowest BCUT2D eigenvalue weighted by Crippen LogP contribution is -2.24. The molecule has 1 aromatic heterocycles. The number of methoxy groups -OCH3 is 1. The van der Waals surface area contributed by atoms with E-state index in [2.05, 4.69) is 0 Å². The molecule has 0 bridgehead atoms. The fourth-order valence-corrected chi connectivity index (χ4v) is 5.58. The summed E-state index contributed by atoms with van der Waals surface area (Å²) in [5, 5.41) is 4.86. The third-order valence-corrected chi connectivity index (χ3v) is 7.32. The number of para-hydroxylation sites is 2. The minimum Gasteiger partial charge on any atom is -0.494 e. The zero-order valence-corrected chi connectivity index (χ0v) is 15.9. The maximum atomic E-state index is 11.8. The van der Waals surface area contributed by atoms with Gasteiger partial charge in [-0.1, -0.05) is 25.0 Å². The largest absolute Gasteiger partial charge is 0.494 e. The second-order valence-electron chi connectivity index (χ2n) is 7.32. The highest BCUT2D eigenvalue weighted by molar-refractivity contribution is 7.91. The number of sulfone groups is 1. The fourth-order valence-electron chi connectivity index (χ4n) is 4.09. The second-order valence-corrected chi connectivity index (χ2v) is 9.62. The molecule has 0 unspecified atom stereocenters. The Morgan fingerprint density at radius 1 is 1.04 bits per heavy atom. The van der Waals surface area contributed by atoms with Crippen LogP contribution in [0.15, 0.2) is 24.3 Å². The summed E-state index contributed by atoms with van der Waals surface area (Å²) in [7, 11) is -1.25. The minimum absolute atomic E-state index is 0.117. The van der Waals surface area contributed by atoms with Crippen LogP contribution in [0.5, 0.6) is 5.75 Å². The van der Waals surface area contributed by atoms with E-state index in [9.17, 15) is 8.42 Å². The first-order chi connectivity index (χ1) is 12.6. The lowest BCUT2D eigenvalue weighted by atomic mass is 10.0. The maximum Gasteiger partial charge on any atom is 0.154 e. The van der Waals surface area contributed by atoms with Crippen molar-refractivity contribution in [2.24, 2.45) is 0 Å². The van der Waals surface area contributed by atoms with Gasteiger partial charge in [0.2, 0.25) is 0 Å². The van der Waals surface area contributed by atoms with Crippen molar-refractivity contribution in [3.63, 3.8) is 0 Å². The normalized spacial score (nSPS) is 21.1. The Kier molecular flexibility index (Phi) is 4.73. The van der Waals surface area contributed by atoms with Crippen LogP contribution in [-0.2, 0) is 9.84 Å². The molecular formula is C19H25N3O3S. The van der Waals surface area contributed by atoms with Gasteiger partial charge in [-0.15, -0.1) is 0 Å². The molecule has 26 heavy (non-hydrogen) atoms. The van der Waals surface area contributed by atoms with E-state index < -0.39 is 9.84 Å². The van der Waals surface area contributed by atoms with Gasteiger partial charge in [0.15, 0.2) is 5.82 Å². The zero-order valence-electron chi connectivity index (χ0n) is 15.1. The molecule has 6 nitrogen and oxygen atoms in total. The molecule has 4 rings (SSSR count). The van der Waals surface area contributed by atoms with Crippen molar-refractivity contribution in [1.29, 1.82) is 0 Å². The molecule has 0 spiro atoms. The van der Waals surface area contributed by atoms with Gasteiger partial charge in [-0.25, -0.2) is 18.1 Å². The smallest absolute Gasteiger partial charge is 0.154 e. The highest BCUT2D eigenvalue weighted by Crippen LogP contribution is 2.36. The molecule has 1 aliphatic heterocycles. The van der Waals surface area contributed by atoms with E-state index in [0.717, 1.165) is 35.9 Å². The van der Waals surface area contributed by atoms with Gasteiger partial charge in [0.05, 0.1) is 18.6 Å². The summed E-state index contributed by atoms with van der Waals surface area (Å²) in [4.78, 5) is 4.92. The Balaban J connectivity index is 1.76. The minimum atomic E-state index is -2.90. The quantitative estimate of drug-likeness (QED) is 0.820. The molecule has 0 radical (unpaired) electrons. The first-order valence-corrected chi connectivity index (χ1v) is 11.2. The Bertz CT molecular complexity index is 871. The Morgan fingerprint density at radius 3 is 2.42 bits per heavy atom. The average molecular weight is 375 g/mol. The molecular weight excluding hydrogens is 350 g/mol. The number of aromatic nitrogens is 3. The summed E-state index contributed by atoms with van der Waals surface area (Å²) in [5.74, 6) is 3.52. The highest BCUT2D eigenvalue weighted by atomic mass is 32.2. The van der Waals surface area contributed by atoms with E-state index >= 15 is 0 Å². The monoisotopic (exact) mass is 375 g/mol. The Morgan fingerprint density at radius 2 is 1.73 bits per heavy atom. The molecule has 0 N–H and O–H groups in total. The Labute approximate surface area is 154 Å². The SMILES string of the molecule is COc1ccccc1-n1nc(C2CCCC2)nc1C1CCS(=O)(=O)CC1. The standard InChI is InChI=1S/C19H25N3O3S/c1-25-17-9-5-4-8-16(17)22-19(15-10-12-26(23,24)13-11-15)20-18(21-22)14-6-2-3-7-14/h4-5,8-9,14-15H,2-3,6-7,10-13H2,1H3. The molecule has 2 heterocycles. The van der Waals surface area contributed by atoms with Crippen molar-refractivity contribution < 1.29 is 13.2 Å². The molecule has 1 saturated carbocycles. The van der Waals surface area contributed by atoms with Crippen molar-refractivity contribution in [2.75, 3.05) is 18.6 Å². The lowest BCUT2D eigenvalue weighted by Gasteiger charge is -2.22. The predicted molar refractivity (Wildman–Crippen MR) is 99.7 cm³/mol. The summed E-state index contributed by atoms with van der Waals surface area (Å²) in [6.45, 7) is 0. The van der Waals surface area contributed by atoms with Gasteiger partial charge < -0.3 is 4.74 Å². The molecule has 1 aromatic carbocycles. The van der Waals surface area contributed by atoms with Crippen molar-refractivity contribution in [3.05, 3.63) is 35.9 Å². The summed E-state index contributed by atoms with van der Waals surface area (Å²) >= 11 is 0. The number of benzene rings is 1. The van der Waals surface area contributed by atoms with Gasteiger partial charge in [0.1, 0.15) is 27.1 Å². The van der Waals surface area contributed by atoms with Crippen LogP contribution in [0.4, 0.5) is 0 Å². The molecule has 140 valence electrons. The van der Waals surface area contributed by atoms with Crippen LogP contribution in [0.1, 0.15) is 62.0 Å². The van der Waals surface area contributed by atoms with Crippen molar-refractivity contribution in [3.8, 4) is 11.4 Å². The molecule has 7 heteroatoms. The average Bonchev–Trinajstić information content (AvgIpc) is 3.31. The third kappa shape index (κ3) is 3.37. The van der Waals surface area contributed by atoms with Crippen molar-refractivity contribution >= 4 is 9.84 Å². The number of hydrogen-bond acceptors (Lipinski definition) is 5. The number of rotatable bonds is 4. The van der Waals surface area contributed by atoms with Gasteiger partial charge in [-0.2, -0.15) is 5.10 Å². The number of hydrogen-bond donors (Lipinski definition) is 0. The van der Waals surface area contributed by atoms with Crippen LogP contribution in [0.2, 0.25) is 0 Å². The van der Waals surface area contributed by atoms with Crippen LogP contribution >= 0.6 is 0 Å². The summed E-state index contributed by atoms with van der Waals surface area (Å²) in [5.41, 5.74) is 0.871. The lowest BCUT2D eigenvalue weighted by molar-refractivity contribution is 0.410. The summed E-state index contributed by atoms with van der Waals surface area (Å²) in [6.07, 6.45) is 5.94. The maximum absolute atomic E-state index is 11.8.